The molecule has 0 radical (unpaired) electrons. The molecule has 0 aliphatic rings. The average Bonchev–Trinajstić information content (AvgIpc) is 2.70. The Labute approximate surface area is 130 Å². The largest absolute Gasteiger partial charge is 0.399 e. The van der Waals surface area contributed by atoms with Crippen molar-refractivity contribution in [2.45, 2.75) is 33.2 Å². The van der Waals surface area contributed by atoms with E-state index < -0.39 is 0 Å². The molecule has 0 bridgehead atoms. The first-order valence-electron chi connectivity index (χ1n) is 6.55. The van der Waals surface area contributed by atoms with Crippen LogP contribution in [0.3, 0.4) is 0 Å². The third-order valence-corrected chi connectivity index (χ3v) is 3.22. The van der Waals surface area contributed by atoms with Gasteiger partial charge in [-0.25, -0.2) is 0 Å². The van der Waals surface area contributed by atoms with Gasteiger partial charge in [-0.2, -0.15) is 0 Å². The van der Waals surface area contributed by atoms with Crippen LogP contribution in [0.25, 0.3) is 0 Å². The summed E-state index contributed by atoms with van der Waals surface area (Å²) in [4.78, 5) is 12.1. The Balaban J connectivity index is 0.00000220. The van der Waals surface area contributed by atoms with Crippen LogP contribution in [-0.4, -0.2) is 17.1 Å². The summed E-state index contributed by atoms with van der Waals surface area (Å²) in [5.74, 6) is 0.670. The Bertz CT molecular complexity index is 606. The maximum atomic E-state index is 12.1. The Morgan fingerprint density at radius 3 is 2.71 bits per heavy atom. The third-order valence-electron chi connectivity index (χ3n) is 3.22. The van der Waals surface area contributed by atoms with E-state index in [1.165, 1.54) is 0 Å². The second kappa shape index (κ2) is 7.13. The molecule has 1 atom stereocenters. The number of aromatic nitrogens is 1. The third kappa shape index (κ3) is 4.23. The number of carbonyl (C=O) groups excluding carboxylic acids is 1. The van der Waals surface area contributed by atoms with E-state index in [4.69, 9.17) is 10.3 Å². The molecule has 6 heteroatoms. The second-order valence-electron chi connectivity index (χ2n) is 5.01. The quantitative estimate of drug-likeness (QED) is 0.851. The lowest BCUT2D eigenvalue weighted by molar-refractivity contribution is 0.0940. The molecule has 1 unspecified atom stereocenters. The zero-order valence-electron chi connectivity index (χ0n) is 12.3. The fourth-order valence-electron chi connectivity index (χ4n) is 2.14. The van der Waals surface area contributed by atoms with Gasteiger partial charge in [0.05, 0.1) is 5.69 Å². The normalized spacial score (nSPS) is 11.6. The van der Waals surface area contributed by atoms with Gasteiger partial charge in [-0.3, -0.25) is 4.79 Å². The number of nitrogens with one attached hydrogen (secondary N) is 1. The maximum Gasteiger partial charge on any atom is 0.251 e. The summed E-state index contributed by atoms with van der Waals surface area (Å²) < 4.78 is 5.12. The number of amides is 1. The number of halogens is 1. The molecule has 1 aromatic heterocycles. The van der Waals surface area contributed by atoms with Gasteiger partial charge in [-0.05, 0) is 45.4 Å². The molecule has 2 rings (SSSR count). The highest BCUT2D eigenvalue weighted by atomic mass is 35.5. The van der Waals surface area contributed by atoms with Crippen LogP contribution in [0.2, 0.25) is 0 Å². The van der Waals surface area contributed by atoms with Crippen molar-refractivity contribution in [2.24, 2.45) is 0 Å². The minimum absolute atomic E-state index is 0. The van der Waals surface area contributed by atoms with Crippen molar-refractivity contribution < 1.29 is 9.32 Å². The van der Waals surface area contributed by atoms with E-state index in [1.807, 2.05) is 20.8 Å². The van der Waals surface area contributed by atoms with Crippen LogP contribution in [0, 0.1) is 13.8 Å². The number of nitrogens with zero attached hydrogens (tertiary/aromatic N) is 1. The van der Waals surface area contributed by atoms with Gasteiger partial charge in [0.25, 0.3) is 5.91 Å². The van der Waals surface area contributed by atoms with Crippen molar-refractivity contribution in [1.29, 1.82) is 0 Å². The number of nitrogen functional groups attached to an aromatic ring is 1. The standard InChI is InChI=1S/C15H19N3O2.ClH/c1-9(7-14-10(2)18-20-11(14)3)17-15(19)12-5-4-6-13(16)8-12;/h4-6,8-9H,7,16H2,1-3H3,(H,17,19);1H. The predicted molar refractivity (Wildman–Crippen MR) is 84.7 cm³/mol. The number of hydrogen-bond donors (Lipinski definition) is 2. The van der Waals surface area contributed by atoms with Gasteiger partial charge in [0.2, 0.25) is 0 Å². The van der Waals surface area contributed by atoms with Gasteiger partial charge in [-0.15, -0.1) is 12.4 Å². The molecule has 0 fully saturated rings. The van der Waals surface area contributed by atoms with Crippen LogP contribution in [0.15, 0.2) is 28.8 Å². The Morgan fingerprint density at radius 1 is 1.43 bits per heavy atom. The fraction of sp³-hybridized carbons (Fsp3) is 0.333. The maximum absolute atomic E-state index is 12.1. The monoisotopic (exact) mass is 309 g/mol. The number of hydrogen-bond acceptors (Lipinski definition) is 4. The minimum Gasteiger partial charge on any atom is -0.399 e. The zero-order valence-corrected chi connectivity index (χ0v) is 13.2. The first-order valence-corrected chi connectivity index (χ1v) is 6.55. The molecule has 0 aliphatic carbocycles. The summed E-state index contributed by atoms with van der Waals surface area (Å²) in [7, 11) is 0. The lowest BCUT2D eigenvalue weighted by Crippen LogP contribution is -2.34. The van der Waals surface area contributed by atoms with Crippen LogP contribution >= 0.6 is 12.4 Å². The molecule has 0 saturated carbocycles. The lowest BCUT2D eigenvalue weighted by Gasteiger charge is -2.14. The van der Waals surface area contributed by atoms with Gasteiger partial charge in [-0.1, -0.05) is 11.2 Å². The topological polar surface area (TPSA) is 81.2 Å². The minimum atomic E-state index is -0.128. The molecule has 1 heterocycles. The number of aryl methyl sites for hydroxylation is 2. The first-order chi connectivity index (χ1) is 9.47. The summed E-state index contributed by atoms with van der Waals surface area (Å²) in [6, 6.07) is 6.92. The van der Waals surface area contributed by atoms with Crippen molar-refractivity contribution >= 4 is 24.0 Å². The highest BCUT2D eigenvalue weighted by molar-refractivity contribution is 5.95. The summed E-state index contributed by atoms with van der Waals surface area (Å²) in [6.07, 6.45) is 0.690. The van der Waals surface area contributed by atoms with Gasteiger partial charge in [0, 0.05) is 22.9 Å². The lowest BCUT2D eigenvalue weighted by atomic mass is 10.1. The number of rotatable bonds is 4. The molecule has 0 aliphatic heterocycles. The van der Waals surface area contributed by atoms with E-state index in [1.54, 1.807) is 24.3 Å². The summed E-state index contributed by atoms with van der Waals surface area (Å²) in [6.45, 7) is 5.73. The Hall–Kier alpha value is -2.01. The predicted octanol–water partition coefficient (Wildman–Crippen LogP) is 2.66. The zero-order chi connectivity index (χ0) is 14.7. The van der Waals surface area contributed by atoms with Crippen LogP contribution in [0.4, 0.5) is 5.69 Å². The molecule has 5 nitrogen and oxygen atoms in total. The molecular weight excluding hydrogens is 290 g/mol. The Kier molecular flexibility index (Phi) is 5.79. The van der Waals surface area contributed by atoms with Crippen LogP contribution in [0.1, 0.15) is 34.3 Å². The van der Waals surface area contributed by atoms with Gasteiger partial charge in [0.1, 0.15) is 5.76 Å². The number of carbonyl (C=O) groups is 1. The molecular formula is C15H20ClN3O2. The number of benzene rings is 1. The van der Waals surface area contributed by atoms with Crippen molar-refractivity contribution in [2.75, 3.05) is 5.73 Å². The molecule has 2 aromatic rings. The molecule has 0 spiro atoms. The van der Waals surface area contributed by atoms with E-state index in [0.717, 1.165) is 17.0 Å². The molecule has 3 N–H and O–H groups in total. The number of anilines is 1. The van der Waals surface area contributed by atoms with Gasteiger partial charge in [0.15, 0.2) is 0 Å². The van der Waals surface area contributed by atoms with Crippen molar-refractivity contribution in [3.05, 3.63) is 46.8 Å². The summed E-state index contributed by atoms with van der Waals surface area (Å²) >= 11 is 0. The van der Waals surface area contributed by atoms with Gasteiger partial charge < -0.3 is 15.6 Å². The molecule has 1 aromatic carbocycles. The number of nitrogens with two attached hydrogens (primary N) is 1. The molecule has 1 amide bonds. The molecule has 21 heavy (non-hydrogen) atoms. The molecule has 0 saturated heterocycles. The second-order valence-corrected chi connectivity index (χ2v) is 5.01. The first kappa shape index (κ1) is 17.0. The van der Waals surface area contributed by atoms with E-state index in [9.17, 15) is 4.79 Å². The molecule has 114 valence electrons. The van der Waals surface area contributed by atoms with Gasteiger partial charge >= 0.3 is 0 Å². The fourth-order valence-corrected chi connectivity index (χ4v) is 2.14. The highest BCUT2D eigenvalue weighted by Gasteiger charge is 2.15. The van der Waals surface area contributed by atoms with E-state index in [-0.39, 0.29) is 24.4 Å². The Morgan fingerprint density at radius 2 is 2.14 bits per heavy atom. The smallest absolute Gasteiger partial charge is 0.251 e. The van der Waals surface area contributed by atoms with Crippen molar-refractivity contribution in [1.82, 2.24) is 10.5 Å². The van der Waals surface area contributed by atoms with Crippen LogP contribution < -0.4 is 11.1 Å². The van der Waals surface area contributed by atoms with E-state index in [0.29, 0.717) is 17.7 Å². The van der Waals surface area contributed by atoms with E-state index in [2.05, 4.69) is 10.5 Å². The highest BCUT2D eigenvalue weighted by Crippen LogP contribution is 2.15. The SMILES string of the molecule is Cc1noc(C)c1CC(C)NC(=O)c1cccc(N)c1.Cl. The van der Waals surface area contributed by atoms with Crippen LogP contribution in [0.5, 0.6) is 0 Å². The van der Waals surface area contributed by atoms with Crippen molar-refractivity contribution in [3.8, 4) is 0 Å². The summed E-state index contributed by atoms with van der Waals surface area (Å²) in [5, 5.41) is 6.87. The van der Waals surface area contributed by atoms with Crippen molar-refractivity contribution in [3.63, 3.8) is 0 Å². The summed E-state index contributed by atoms with van der Waals surface area (Å²) in [5.41, 5.74) is 8.74. The van der Waals surface area contributed by atoms with Crippen LogP contribution in [-0.2, 0) is 6.42 Å². The van der Waals surface area contributed by atoms with E-state index >= 15 is 0 Å². The average molecular weight is 310 g/mol.